The highest BCUT2D eigenvalue weighted by molar-refractivity contribution is 7.01. The topological polar surface area (TPSA) is 56.0 Å². The summed E-state index contributed by atoms with van der Waals surface area (Å²) >= 11 is 0. The summed E-state index contributed by atoms with van der Waals surface area (Å²) in [5, 5.41) is 8.78. The minimum Gasteiger partial charge on any atom is -0.534 e. The van der Waals surface area contributed by atoms with Crippen molar-refractivity contribution in [3.8, 4) is 11.5 Å². The Morgan fingerprint density at radius 3 is 1.28 bits per heavy atom. The van der Waals surface area contributed by atoms with E-state index in [-0.39, 0.29) is 26.8 Å². The number of hydrogen-bond donors (Lipinski definition) is 1. The van der Waals surface area contributed by atoms with E-state index in [0.717, 1.165) is 69.3 Å². The first-order valence-electron chi connectivity index (χ1n) is 28.8. The van der Waals surface area contributed by atoms with Crippen LogP contribution in [0.1, 0.15) is 125 Å². The van der Waals surface area contributed by atoms with Crippen LogP contribution in [0.25, 0.3) is 21.8 Å². The van der Waals surface area contributed by atoms with E-state index in [1.807, 2.05) is 0 Å². The molecule has 0 amide bonds. The average molecular weight is 1100 g/mol. The fourth-order valence-electron chi connectivity index (χ4n) is 13.0. The molecule has 8 heteroatoms. The summed E-state index contributed by atoms with van der Waals surface area (Å²) in [5.74, 6) is 2.30. The first-order valence-corrected chi connectivity index (χ1v) is 34.6. The number of aromatic nitrogens is 1. The maximum atomic E-state index is 8.20. The van der Waals surface area contributed by atoms with E-state index < -0.39 is 25.0 Å². The molecule has 10 rings (SSSR count). The van der Waals surface area contributed by atoms with Crippen molar-refractivity contribution < 1.29 is 18.0 Å². The van der Waals surface area contributed by atoms with Crippen LogP contribution in [0.5, 0.6) is 11.5 Å². The van der Waals surface area contributed by atoms with Crippen molar-refractivity contribution in [2.24, 2.45) is 5.92 Å². The van der Waals surface area contributed by atoms with E-state index >= 15 is 0 Å². The number of aromatic amines is 1. The van der Waals surface area contributed by atoms with Crippen LogP contribution in [0, 0.1) is 12.8 Å². The number of rotatable bonds is 18. The summed E-state index contributed by atoms with van der Waals surface area (Å²) in [7, 11) is -9.30. The lowest BCUT2D eigenvalue weighted by Crippen LogP contribution is -2.68. The van der Waals surface area contributed by atoms with E-state index in [1.54, 1.807) is 0 Å². The Morgan fingerprint density at radius 1 is 0.519 bits per heavy atom. The van der Waals surface area contributed by atoms with Crippen molar-refractivity contribution in [3.63, 3.8) is 0 Å². The van der Waals surface area contributed by atoms with E-state index in [2.05, 4.69) is 295 Å². The van der Waals surface area contributed by atoms with Gasteiger partial charge in [-0.05, 0) is 102 Å². The van der Waals surface area contributed by atoms with Crippen molar-refractivity contribution in [3.05, 3.63) is 217 Å². The molecule has 0 spiro atoms. The molecule has 0 aliphatic carbocycles. The first-order chi connectivity index (χ1) is 37.7. The quantitative estimate of drug-likeness (QED) is 0.0687. The molecule has 1 saturated heterocycles. The van der Waals surface area contributed by atoms with Crippen LogP contribution in [0.4, 0.5) is 0 Å². The Bertz CT molecular complexity index is 3400. The number of epoxide rings is 1. The summed E-state index contributed by atoms with van der Waals surface area (Å²) in [4.78, 5) is 4.21. The van der Waals surface area contributed by atoms with Crippen molar-refractivity contribution in [1.29, 1.82) is 0 Å². The van der Waals surface area contributed by atoms with E-state index in [0.29, 0.717) is 12.5 Å². The predicted molar refractivity (Wildman–Crippen MR) is 340 cm³/mol. The molecule has 0 saturated carbocycles. The van der Waals surface area contributed by atoms with Crippen LogP contribution in [-0.4, -0.2) is 35.5 Å². The number of ether oxygens (including phenoxy) is 1. The molecule has 2 unspecified atom stereocenters. The smallest absolute Gasteiger partial charge is 0.320 e. The van der Waals surface area contributed by atoms with Crippen molar-refractivity contribution in [1.82, 2.24) is 4.98 Å². The summed E-state index contributed by atoms with van der Waals surface area (Å²) < 4.78 is 31.4. The van der Waals surface area contributed by atoms with Crippen molar-refractivity contribution in [2.75, 3.05) is 0 Å². The van der Waals surface area contributed by atoms with Gasteiger partial charge in [0.2, 0.25) is 0 Å². The van der Waals surface area contributed by atoms with Crippen molar-refractivity contribution in [2.45, 2.75) is 143 Å². The second-order valence-corrected chi connectivity index (χ2v) is 38.5. The van der Waals surface area contributed by atoms with E-state index in [9.17, 15) is 0 Å². The van der Waals surface area contributed by atoms with Crippen LogP contribution in [0.3, 0.4) is 0 Å². The zero-order chi connectivity index (χ0) is 56.0. The fourth-order valence-corrected chi connectivity index (χ4v) is 26.5. The molecule has 0 radical (unpaired) electrons. The molecule has 79 heavy (non-hydrogen) atoms. The van der Waals surface area contributed by atoms with E-state index in [4.69, 9.17) is 18.0 Å². The van der Waals surface area contributed by atoms with Gasteiger partial charge < -0.3 is 23.0 Å². The maximum absolute atomic E-state index is 8.20. The zero-order valence-electron chi connectivity index (χ0n) is 49.2. The third kappa shape index (κ3) is 10.0. The minimum absolute atomic E-state index is 0.160. The van der Waals surface area contributed by atoms with Crippen LogP contribution in [0.15, 0.2) is 200 Å². The Morgan fingerprint density at radius 2 is 0.899 bits per heavy atom. The Hall–Kier alpha value is -6.27. The van der Waals surface area contributed by atoms with Gasteiger partial charge in [0.05, 0.1) is 23.2 Å². The highest BCUT2D eigenvalue weighted by Gasteiger charge is 2.57. The highest BCUT2D eigenvalue weighted by Crippen LogP contribution is 2.57. The standard InChI is InChI=1S/C71H83NO4Si3/c1-14-51(2)47-48-71(13)67(74-71)63-52(3)62(76-79(70(10,11)12,58-41-29-19-30-42-58)59-43-31-20-32-44-59)49-60-64-53(50-73-77(68(4,5)6,54-33-21-15-22-34-54)55-35-23-16-24-36-55)45-46-61(66(64)72-65(60)63)75-78(69(7,8)9,56-37-25-17-26-38-56)57-39-27-18-28-40-57/h15-46,49,51,67,72H,14,47-48,50H2,1-13H3/t51-,67?,71?/m0/s1. The van der Waals surface area contributed by atoms with Gasteiger partial charge in [0.25, 0.3) is 8.32 Å². The predicted octanol–water partition coefficient (Wildman–Crippen LogP) is 15.2. The lowest BCUT2D eigenvalue weighted by Gasteiger charge is -2.43. The first kappa shape index (κ1) is 56.0. The number of nitrogens with one attached hydrogen (secondary N) is 1. The molecular weight excluding hydrogens is 1020 g/mol. The normalized spacial score (nSPS) is 16.7. The second kappa shape index (κ2) is 21.7. The molecule has 5 nitrogen and oxygen atoms in total. The molecule has 3 atom stereocenters. The summed E-state index contributed by atoms with van der Waals surface area (Å²) in [5.41, 5.74) is 5.01. The summed E-state index contributed by atoms with van der Waals surface area (Å²) in [6.45, 7) is 30.9. The molecule has 1 aliphatic rings. The van der Waals surface area contributed by atoms with Gasteiger partial charge in [-0.3, -0.25) is 0 Å². The van der Waals surface area contributed by atoms with Crippen LogP contribution in [-0.2, 0) is 15.8 Å². The number of H-pyrrole nitrogens is 1. The van der Waals surface area contributed by atoms with Crippen molar-refractivity contribution >= 4 is 77.9 Å². The lowest BCUT2D eigenvalue weighted by molar-refractivity contribution is 0.281. The zero-order valence-corrected chi connectivity index (χ0v) is 52.2. The summed E-state index contributed by atoms with van der Waals surface area (Å²) in [6, 6.07) is 72.9. The molecule has 408 valence electrons. The Labute approximate surface area is 475 Å². The van der Waals surface area contributed by atoms with Gasteiger partial charge >= 0.3 is 16.6 Å². The molecule has 1 aliphatic heterocycles. The Kier molecular flexibility index (Phi) is 15.4. The number of benzene rings is 8. The fraction of sp³-hybridized carbons (Fsp3) is 0.324. The monoisotopic (exact) mass is 1100 g/mol. The SMILES string of the molecule is CC[C@H](C)CCC1(C)OC1c1c(C)c(O[Si](c2ccccc2)(c2ccccc2)C(C)(C)C)cc2c1[nH]c1c(O[Si](c3ccccc3)(c3ccccc3)C(C)(C)C)ccc(CO[Si](c3ccccc3)(c3ccccc3)C(C)(C)C)c12. The molecule has 0 bridgehead atoms. The van der Waals surface area contributed by atoms with Crippen LogP contribution >= 0.6 is 0 Å². The van der Waals surface area contributed by atoms with Gasteiger partial charge in [-0.25, -0.2) is 0 Å². The van der Waals surface area contributed by atoms with Gasteiger partial charge in [0.1, 0.15) is 17.6 Å². The molecule has 1 fully saturated rings. The van der Waals surface area contributed by atoms with Gasteiger partial charge in [-0.1, -0.05) is 271 Å². The number of fused-ring (bicyclic) bond motifs is 3. The molecular formula is C71H83NO4Si3. The minimum atomic E-state index is -3.14. The molecule has 1 aromatic heterocycles. The maximum Gasteiger partial charge on any atom is 0.320 e. The average Bonchev–Trinajstić information content (AvgIpc) is 3.82. The van der Waals surface area contributed by atoms with Gasteiger partial charge in [-0.2, -0.15) is 0 Å². The molecule has 8 aromatic carbocycles. The third-order valence-electron chi connectivity index (χ3n) is 17.6. The molecule has 9 aromatic rings. The van der Waals surface area contributed by atoms with Crippen LogP contribution in [0.2, 0.25) is 15.1 Å². The molecule has 2 heterocycles. The highest BCUT2D eigenvalue weighted by atomic mass is 28.4. The second-order valence-electron chi connectivity index (χ2n) is 25.8. The van der Waals surface area contributed by atoms with Gasteiger partial charge in [0.15, 0.2) is 0 Å². The largest absolute Gasteiger partial charge is 0.534 e. The summed E-state index contributed by atoms with van der Waals surface area (Å²) in [6.07, 6.45) is 3.04. The number of hydrogen-bond acceptors (Lipinski definition) is 4. The lowest BCUT2D eigenvalue weighted by atomic mass is 9.89. The van der Waals surface area contributed by atoms with Gasteiger partial charge in [-0.15, -0.1) is 0 Å². The third-order valence-corrected chi connectivity index (χ3v) is 32.4. The Balaban J connectivity index is 1.29. The van der Waals surface area contributed by atoms with Gasteiger partial charge in [0, 0.05) is 16.3 Å². The van der Waals surface area contributed by atoms with E-state index in [1.165, 1.54) is 31.1 Å². The molecule has 1 N–H and O–H groups in total. The van der Waals surface area contributed by atoms with Crippen LogP contribution < -0.4 is 40.0 Å².